The first kappa shape index (κ1) is 20.1. The standard InChI is InChI=1S/C24H22N2O3S/c1-16-7-6-8-17(2)22(16)24-23(19-11-13-20(14-12-19)30(25,27)28)26-21(29-24)15-18-9-4-3-5-10-18/h3-14H,15H2,1-2H3,(H2,25,27,28). The van der Waals surface area contributed by atoms with Gasteiger partial charge in [-0.3, -0.25) is 0 Å². The Hall–Kier alpha value is -3.22. The number of hydrogen-bond donors (Lipinski definition) is 1. The van der Waals surface area contributed by atoms with Crippen LogP contribution in [0.15, 0.2) is 82.1 Å². The molecule has 2 N–H and O–H groups in total. The van der Waals surface area contributed by atoms with Gasteiger partial charge in [0.1, 0.15) is 5.69 Å². The molecule has 0 aliphatic heterocycles. The minimum atomic E-state index is -3.76. The monoisotopic (exact) mass is 418 g/mol. The number of sulfonamides is 1. The molecule has 0 saturated heterocycles. The molecule has 1 heterocycles. The molecule has 0 radical (unpaired) electrons. The van der Waals surface area contributed by atoms with E-state index in [0.717, 1.165) is 27.8 Å². The molecule has 0 aliphatic rings. The summed E-state index contributed by atoms with van der Waals surface area (Å²) in [6, 6.07) is 22.5. The van der Waals surface area contributed by atoms with E-state index in [2.05, 4.69) is 0 Å². The molecule has 4 rings (SSSR count). The lowest BCUT2D eigenvalue weighted by atomic mass is 9.98. The summed E-state index contributed by atoms with van der Waals surface area (Å²) in [5, 5.41) is 5.23. The lowest BCUT2D eigenvalue weighted by Gasteiger charge is -2.09. The van der Waals surface area contributed by atoms with Crippen LogP contribution in [0.4, 0.5) is 0 Å². The summed E-state index contributed by atoms with van der Waals surface area (Å²) in [6.07, 6.45) is 0.564. The van der Waals surface area contributed by atoms with Crippen LogP contribution in [0.5, 0.6) is 0 Å². The molecule has 152 valence electrons. The molecule has 0 saturated carbocycles. The van der Waals surface area contributed by atoms with Gasteiger partial charge in [-0.2, -0.15) is 0 Å². The molecule has 0 aliphatic carbocycles. The zero-order valence-corrected chi connectivity index (χ0v) is 17.6. The van der Waals surface area contributed by atoms with Gasteiger partial charge in [0.2, 0.25) is 10.0 Å². The average Bonchev–Trinajstić information content (AvgIpc) is 3.11. The van der Waals surface area contributed by atoms with Gasteiger partial charge >= 0.3 is 0 Å². The second-order valence-electron chi connectivity index (χ2n) is 7.28. The highest BCUT2D eigenvalue weighted by Gasteiger charge is 2.20. The largest absolute Gasteiger partial charge is 0.440 e. The van der Waals surface area contributed by atoms with E-state index in [1.807, 2.05) is 62.4 Å². The van der Waals surface area contributed by atoms with E-state index in [1.54, 1.807) is 12.1 Å². The minimum absolute atomic E-state index is 0.0628. The van der Waals surface area contributed by atoms with E-state index >= 15 is 0 Å². The number of nitrogens with two attached hydrogens (primary N) is 1. The molecule has 0 atom stereocenters. The zero-order chi connectivity index (χ0) is 21.3. The number of rotatable bonds is 5. The van der Waals surface area contributed by atoms with Crippen LogP contribution in [-0.4, -0.2) is 13.4 Å². The summed E-state index contributed by atoms with van der Waals surface area (Å²) in [6.45, 7) is 4.07. The maximum absolute atomic E-state index is 11.6. The van der Waals surface area contributed by atoms with Gasteiger partial charge in [-0.15, -0.1) is 0 Å². The Morgan fingerprint density at radius 1 is 0.867 bits per heavy atom. The first-order valence-electron chi connectivity index (χ1n) is 9.56. The Kier molecular flexibility index (Phi) is 5.28. The fourth-order valence-electron chi connectivity index (χ4n) is 3.55. The van der Waals surface area contributed by atoms with Crippen molar-refractivity contribution >= 4 is 10.0 Å². The smallest absolute Gasteiger partial charge is 0.238 e. The number of primary sulfonamides is 1. The van der Waals surface area contributed by atoms with E-state index in [-0.39, 0.29) is 4.90 Å². The summed E-state index contributed by atoms with van der Waals surface area (Å²) in [5.74, 6) is 1.28. The fraction of sp³-hybridized carbons (Fsp3) is 0.125. The molecule has 0 unspecified atom stereocenters. The Morgan fingerprint density at radius 2 is 1.50 bits per heavy atom. The highest BCUT2D eigenvalue weighted by atomic mass is 32.2. The van der Waals surface area contributed by atoms with Crippen molar-refractivity contribution in [3.05, 3.63) is 95.4 Å². The third kappa shape index (κ3) is 4.06. The number of aryl methyl sites for hydroxylation is 2. The molecule has 0 amide bonds. The van der Waals surface area contributed by atoms with Gasteiger partial charge in [-0.1, -0.05) is 60.7 Å². The number of hydrogen-bond acceptors (Lipinski definition) is 4. The van der Waals surface area contributed by atoms with E-state index in [4.69, 9.17) is 14.5 Å². The Bertz CT molecular complexity index is 1270. The topological polar surface area (TPSA) is 86.2 Å². The third-order valence-corrected chi connectivity index (χ3v) is 5.96. The van der Waals surface area contributed by atoms with Crippen LogP contribution in [0.3, 0.4) is 0 Å². The van der Waals surface area contributed by atoms with Crippen LogP contribution in [-0.2, 0) is 16.4 Å². The Morgan fingerprint density at radius 3 is 2.10 bits per heavy atom. The molecule has 0 bridgehead atoms. The lowest BCUT2D eigenvalue weighted by Crippen LogP contribution is -2.11. The van der Waals surface area contributed by atoms with Crippen molar-refractivity contribution in [3.8, 4) is 22.6 Å². The minimum Gasteiger partial charge on any atom is -0.440 e. The predicted octanol–water partition coefficient (Wildman–Crippen LogP) is 4.86. The van der Waals surface area contributed by atoms with Crippen molar-refractivity contribution in [1.29, 1.82) is 0 Å². The van der Waals surface area contributed by atoms with Crippen LogP contribution in [0.25, 0.3) is 22.6 Å². The van der Waals surface area contributed by atoms with Gasteiger partial charge in [0.25, 0.3) is 0 Å². The summed E-state index contributed by atoms with van der Waals surface area (Å²) in [4.78, 5) is 4.84. The first-order valence-corrected chi connectivity index (χ1v) is 11.1. The lowest BCUT2D eigenvalue weighted by molar-refractivity contribution is 0.519. The first-order chi connectivity index (χ1) is 14.3. The van der Waals surface area contributed by atoms with Crippen LogP contribution >= 0.6 is 0 Å². The fourth-order valence-corrected chi connectivity index (χ4v) is 4.07. The highest BCUT2D eigenvalue weighted by molar-refractivity contribution is 7.89. The van der Waals surface area contributed by atoms with Gasteiger partial charge in [0.15, 0.2) is 11.7 Å². The average molecular weight is 419 g/mol. The third-order valence-electron chi connectivity index (χ3n) is 5.03. The van der Waals surface area contributed by atoms with Gasteiger partial charge < -0.3 is 4.42 Å². The molecule has 6 heteroatoms. The summed E-state index contributed by atoms with van der Waals surface area (Å²) < 4.78 is 29.5. The molecule has 4 aromatic rings. The molecule has 0 fully saturated rings. The quantitative estimate of drug-likeness (QED) is 0.501. The van der Waals surface area contributed by atoms with Crippen molar-refractivity contribution in [3.63, 3.8) is 0 Å². The molecule has 5 nitrogen and oxygen atoms in total. The van der Waals surface area contributed by atoms with Gasteiger partial charge in [0.05, 0.1) is 4.90 Å². The van der Waals surface area contributed by atoms with Gasteiger partial charge in [-0.05, 0) is 42.7 Å². The van der Waals surface area contributed by atoms with Crippen LogP contribution in [0, 0.1) is 13.8 Å². The maximum Gasteiger partial charge on any atom is 0.238 e. The van der Waals surface area contributed by atoms with E-state index in [0.29, 0.717) is 23.8 Å². The van der Waals surface area contributed by atoms with Crippen molar-refractivity contribution in [2.45, 2.75) is 25.2 Å². The molecular weight excluding hydrogens is 396 g/mol. The number of oxazole rings is 1. The summed E-state index contributed by atoms with van der Waals surface area (Å²) in [5.41, 5.74) is 5.71. The SMILES string of the molecule is Cc1cccc(C)c1-c1oc(Cc2ccccc2)nc1-c1ccc(S(N)(=O)=O)cc1. The molecule has 1 aromatic heterocycles. The maximum atomic E-state index is 11.6. The Balaban J connectivity index is 1.85. The normalized spacial score (nSPS) is 11.6. The summed E-state index contributed by atoms with van der Waals surface area (Å²) >= 11 is 0. The second kappa shape index (κ2) is 7.89. The summed E-state index contributed by atoms with van der Waals surface area (Å²) in [7, 11) is -3.76. The highest BCUT2D eigenvalue weighted by Crippen LogP contribution is 2.37. The zero-order valence-electron chi connectivity index (χ0n) is 16.8. The van der Waals surface area contributed by atoms with E-state index in [1.165, 1.54) is 12.1 Å². The molecular formula is C24H22N2O3S. The van der Waals surface area contributed by atoms with E-state index < -0.39 is 10.0 Å². The number of benzene rings is 3. The second-order valence-corrected chi connectivity index (χ2v) is 8.85. The van der Waals surface area contributed by atoms with Crippen LogP contribution in [0.1, 0.15) is 22.6 Å². The molecule has 3 aromatic carbocycles. The van der Waals surface area contributed by atoms with E-state index in [9.17, 15) is 8.42 Å². The van der Waals surface area contributed by atoms with Crippen LogP contribution in [0.2, 0.25) is 0 Å². The van der Waals surface area contributed by atoms with Gasteiger partial charge in [-0.25, -0.2) is 18.5 Å². The molecule has 0 spiro atoms. The predicted molar refractivity (Wildman–Crippen MR) is 117 cm³/mol. The van der Waals surface area contributed by atoms with Crippen LogP contribution < -0.4 is 5.14 Å². The van der Waals surface area contributed by atoms with Crippen molar-refractivity contribution in [2.24, 2.45) is 5.14 Å². The number of aromatic nitrogens is 1. The Labute approximate surface area is 176 Å². The van der Waals surface area contributed by atoms with Crippen molar-refractivity contribution < 1.29 is 12.8 Å². The van der Waals surface area contributed by atoms with Crippen molar-refractivity contribution in [2.75, 3.05) is 0 Å². The van der Waals surface area contributed by atoms with Gasteiger partial charge in [0, 0.05) is 17.5 Å². The number of nitrogens with zero attached hydrogens (tertiary/aromatic N) is 1. The molecule has 30 heavy (non-hydrogen) atoms. The van der Waals surface area contributed by atoms with Crippen molar-refractivity contribution in [1.82, 2.24) is 4.98 Å².